The van der Waals surface area contributed by atoms with Gasteiger partial charge in [0.05, 0.1) is 0 Å². The van der Waals surface area contributed by atoms with Crippen LogP contribution < -0.4 is 0 Å². The van der Waals surface area contributed by atoms with E-state index < -0.39 is 0 Å². The van der Waals surface area contributed by atoms with Crippen LogP contribution in [0.3, 0.4) is 0 Å². The highest BCUT2D eigenvalue weighted by atomic mass is 16.2. The van der Waals surface area contributed by atoms with Crippen LogP contribution in [0.15, 0.2) is 0 Å². The van der Waals surface area contributed by atoms with Gasteiger partial charge in [0, 0.05) is 38.0 Å². The molecule has 5 rings (SSSR count). The molecule has 0 radical (unpaired) electrons. The molecule has 0 aromatic rings. The lowest BCUT2D eigenvalue weighted by Gasteiger charge is -2.39. The molecule has 24 heavy (non-hydrogen) atoms. The van der Waals surface area contributed by atoms with Crippen LogP contribution in [0.25, 0.3) is 0 Å². The normalized spacial score (nSPS) is 43.7. The number of nitrogens with zero attached hydrogens (tertiary/aromatic N) is 2. The smallest absolute Gasteiger partial charge is 0.226 e. The van der Waals surface area contributed by atoms with Crippen molar-refractivity contribution in [2.24, 2.45) is 35.5 Å². The maximum atomic E-state index is 12.8. The van der Waals surface area contributed by atoms with Gasteiger partial charge in [-0.1, -0.05) is 12.8 Å². The van der Waals surface area contributed by atoms with E-state index >= 15 is 0 Å². The fourth-order valence-corrected chi connectivity index (χ4v) is 6.71. The van der Waals surface area contributed by atoms with Gasteiger partial charge in [-0.2, -0.15) is 0 Å². The average Bonchev–Trinajstić information content (AvgIpc) is 3.41. The van der Waals surface area contributed by atoms with Gasteiger partial charge in [0.2, 0.25) is 11.8 Å². The first-order valence-corrected chi connectivity index (χ1v) is 10.3. The number of hydrogen-bond acceptors (Lipinski definition) is 2. The molecule has 0 aromatic carbocycles. The van der Waals surface area contributed by atoms with E-state index in [1.807, 2.05) is 0 Å². The average molecular weight is 330 g/mol. The molecule has 132 valence electrons. The minimum Gasteiger partial charge on any atom is -0.339 e. The number of fused-ring (bicyclic) bond motifs is 4. The van der Waals surface area contributed by atoms with E-state index in [0.717, 1.165) is 50.9 Å². The lowest BCUT2D eigenvalue weighted by atomic mass is 9.87. The summed E-state index contributed by atoms with van der Waals surface area (Å²) >= 11 is 0. The molecule has 5 aliphatic rings. The zero-order chi connectivity index (χ0) is 16.3. The van der Waals surface area contributed by atoms with Crippen molar-refractivity contribution >= 4 is 11.8 Å². The Balaban J connectivity index is 1.16. The summed E-state index contributed by atoms with van der Waals surface area (Å²) in [6.07, 6.45) is 10.1. The minimum absolute atomic E-state index is 0.302. The summed E-state index contributed by atoms with van der Waals surface area (Å²) in [5.74, 6) is 4.37. The van der Waals surface area contributed by atoms with Crippen molar-refractivity contribution in [2.75, 3.05) is 26.2 Å². The molecule has 6 atom stereocenters. The Morgan fingerprint density at radius 3 is 1.29 bits per heavy atom. The maximum Gasteiger partial charge on any atom is 0.226 e. The summed E-state index contributed by atoms with van der Waals surface area (Å²) in [7, 11) is 0. The molecule has 0 spiro atoms. The molecule has 4 aliphatic carbocycles. The lowest BCUT2D eigenvalue weighted by molar-refractivity contribution is -0.145. The molecule has 4 saturated carbocycles. The molecule has 0 N–H and O–H groups in total. The number of carbonyl (C=O) groups is 2. The predicted molar refractivity (Wildman–Crippen MR) is 91.0 cm³/mol. The number of amides is 2. The molecule has 0 unspecified atom stereocenters. The van der Waals surface area contributed by atoms with Crippen molar-refractivity contribution in [1.29, 1.82) is 0 Å². The van der Waals surface area contributed by atoms with E-state index in [-0.39, 0.29) is 0 Å². The summed E-state index contributed by atoms with van der Waals surface area (Å²) < 4.78 is 0. The van der Waals surface area contributed by atoms with Gasteiger partial charge in [-0.3, -0.25) is 9.59 Å². The fourth-order valence-electron chi connectivity index (χ4n) is 6.71. The highest BCUT2D eigenvalue weighted by Crippen LogP contribution is 2.50. The SMILES string of the molecule is O=C([C@H]1C[C@@H]2CC[C@@H]1C2)N1CCN(C(=O)[C@@H]2C[C@@H]3CC[C@@H]2C3)CC1. The molecular formula is C20H30N2O2. The molecule has 4 nitrogen and oxygen atoms in total. The fraction of sp³-hybridized carbons (Fsp3) is 0.900. The van der Waals surface area contributed by atoms with Crippen molar-refractivity contribution in [3.05, 3.63) is 0 Å². The largest absolute Gasteiger partial charge is 0.339 e. The van der Waals surface area contributed by atoms with Crippen LogP contribution in [0.4, 0.5) is 0 Å². The standard InChI is InChI=1S/C20H30N2O2/c23-19(17-11-13-1-3-15(17)9-13)21-5-7-22(8-6-21)20(24)18-12-14-2-4-16(18)10-14/h13-18H,1-12H2/t13-,14-,15-,16-,17-,18+/m1/s1. The Hall–Kier alpha value is -1.06. The van der Waals surface area contributed by atoms with E-state index in [2.05, 4.69) is 9.80 Å². The van der Waals surface area contributed by atoms with Gasteiger partial charge in [0.15, 0.2) is 0 Å². The number of hydrogen-bond donors (Lipinski definition) is 0. The lowest BCUT2D eigenvalue weighted by Crippen LogP contribution is -2.53. The molecule has 1 heterocycles. The van der Waals surface area contributed by atoms with Gasteiger partial charge in [0.1, 0.15) is 0 Å². The van der Waals surface area contributed by atoms with Crippen LogP contribution in [0.1, 0.15) is 51.4 Å². The summed E-state index contributed by atoms with van der Waals surface area (Å²) in [6.45, 7) is 3.05. The third-order valence-electron chi connectivity index (χ3n) is 8.01. The predicted octanol–water partition coefficient (Wildman–Crippen LogP) is 2.53. The highest BCUT2D eigenvalue weighted by molar-refractivity contribution is 5.82. The third-order valence-corrected chi connectivity index (χ3v) is 8.01. The molecular weight excluding hydrogens is 300 g/mol. The molecule has 1 saturated heterocycles. The van der Waals surface area contributed by atoms with Crippen LogP contribution in [0.2, 0.25) is 0 Å². The van der Waals surface area contributed by atoms with Crippen LogP contribution in [0, 0.1) is 35.5 Å². The van der Waals surface area contributed by atoms with Gasteiger partial charge in [0.25, 0.3) is 0 Å². The molecule has 0 aromatic heterocycles. The molecule has 2 amide bonds. The Labute approximate surface area is 144 Å². The number of rotatable bonds is 2. The Bertz CT molecular complexity index is 492. The second kappa shape index (κ2) is 5.74. The summed E-state index contributed by atoms with van der Waals surface area (Å²) in [6, 6.07) is 0. The van der Waals surface area contributed by atoms with E-state index in [9.17, 15) is 9.59 Å². The van der Waals surface area contributed by atoms with Gasteiger partial charge >= 0.3 is 0 Å². The highest BCUT2D eigenvalue weighted by Gasteiger charge is 2.46. The van der Waals surface area contributed by atoms with E-state index in [1.165, 1.54) is 38.5 Å². The van der Waals surface area contributed by atoms with Crippen LogP contribution in [-0.4, -0.2) is 47.8 Å². The van der Waals surface area contributed by atoms with Crippen molar-refractivity contribution < 1.29 is 9.59 Å². The summed E-state index contributed by atoms with van der Waals surface area (Å²) in [5, 5.41) is 0. The Morgan fingerprint density at radius 2 is 1.00 bits per heavy atom. The van der Waals surface area contributed by atoms with Gasteiger partial charge in [-0.25, -0.2) is 0 Å². The van der Waals surface area contributed by atoms with Gasteiger partial charge < -0.3 is 9.80 Å². The Morgan fingerprint density at radius 1 is 0.583 bits per heavy atom. The molecule has 4 heteroatoms. The van der Waals surface area contributed by atoms with Crippen molar-refractivity contribution in [1.82, 2.24) is 9.80 Å². The topological polar surface area (TPSA) is 40.6 Å². The first kappa shape index (κ1) is 15.2. The molecule has 1 aliphatic heterocycles. The van der Waals surface area contributed by atoms with Gasteiger partial charge in [-0.05, 0) is 62.2 Å². The minimum atomic E-state index is 0.302. The monoisotopic (exact) mass is 330 g/mol. The summed E-state index contributed by atoms with van der Waals surface area (Å²) in [5.41, 5.74) is 0. The zero-order valence-electron chi connectivity index (χ0n) is 14.7. The van der Waals surface area contributed by atoms with Crippen molar-refractivity contribution in [3.63, 3.8) is 0 Å². The Kier molecular flexibility index (Phi) is 3.64. The second-order valence-corrected chi connectivity index (χ2v) is 9.21. The van der Waals surface area contributed by atoms with E-state index in [0.29, 0.717) is 35.5 Å². The summed E-state index contributed by atoms with van der Waals surface area (Å²) in [4.78, 5) is 29.8. The quantitative estimate of drug-likeness (QED) is 0.781. The van der Waals surface area contributed by atoms with E-state index in [1.54, 1.807) is 0 Å². The first-order valence-electron chi connectivity index (χ1n) is 10.3. The number of piperazine rings is 1. The maximum absolute atomic E-state index is 12.8. The van der Waals surface area contributed by atoms with E-state index in [4.69, 9.17) is 0 Å². The molecule has 4 bridgehead atoms. The molecule has 5 fully saturated rings. The zero-order valence-corrected chi connectivity index (χ0v) is 14.7. The third kappa shape index (κ3) is 2.40. The second-order valence-electron chi connectivity index (χ2n) is 9.21. The van der Waals surface area contributed by atoms with Crippen LogP contribution >= 0.6 is 0 Å². The first-order chi connectivity index (χ1) is 11.7. The van der Waals surface area contributed by atoms with Crippen molar-refractivity contribution in [2.45, 2.75) is 51.4 Å². The number of carbonyl (C=O) groups excluding carboxylic acids is 2. The van der Waals surface area contributed by atoms with Gasteiger partial charge in [-0.15, -0.1) is 0 Å². The van der Waals surface area contributed by atoms with Crippen LogP contribution in [-0.2, 0) is 9.59 Å². The van der Waals surface area contributed by atoms with Crippen molar-refractivity contribution in [3.8, 4) is 0 Å². The van der Waals surface area contributed by atoms with Crippen LogP contribution in [0.5, 0.6) is 0 Å².